The standard InChI is InChI=1S/C22H24N4O2S/c1-15-2-4-16(5-3-15)21-19(29-22(23)24-21)14-20(28)26-12-10-25(11-13-26)17-6-8-18(27)9-7-17/h2-9,27H,10-14H2,1H3,(H2,23,24). The molecule has 6 nitrogen and oxygen atoms in total. The van der Waals surface area contributed by atoms with E-state index in [1.165, 1.54) is 16.9 Å². The fourth-order valence-electron chi connectivity index (χ4n) is 3.55. The van der Waals surface area contributed by atoms with E-state index in [1.807, 2.05) is 48.2 Å². The lowest BCUT2D eigenvalue weighted by Crippen LogP contribution is -2.49. The van der Waals surface area contributed by atoms with Gasteiger partial charge in [0.25, 0.3) is 0 Å². The number of nitrogen functional groups attached to an aromatic ring is 1. The smallest absolute Gasteiger partial charge is 0.228 e. The zero-order valence-corrected chi connectivity index (χ0v) is 17.2. The predicted octanol–water partition coefficient (Wildman–Crippen LogP) is 3.30. The Morgan fingerprint density at radius 3 is 2.38 bits per heavy atom. The molecular weight excluding hydrogens is 384 g/mol. The quantitative estimate of drug-likeness (QED) is 0.692. The Morgan fingerprint density at radius 1 is 1.07 bits per heavy atom. The first-order valence-corrected chi connectivity index (χ1v) is 10.5. The molecule has 2 aromatic carbocycles. The van der Waals surface area contributed by atoms with Crippen LogP contribution in [0.3, 0.4) is 0 Å². The van der Waals surface area contributed by atoms with Crippen molar-refractivity contribution in [3.63, 3.8) is 0 Å². The van der Waals surface area contributed by atoms with Crippen LogP contribution in [0, 0.1) is 6.92 Å². The fraction of sp³-hybridized carbons (Fsp3) is 0.273. The van der Waals surface area contributed by atoms with Gasteiger partial charge in [0.15, 0.2) is 5.13 Å². The Hall–Kier alpha value is -3.06. The van der Waals surface area contributed by atoms with Gasteiger partial charge in [-0.05, 0) is 31.2 Å². The number of phenolic OH excluding ortho intramolecular Hbond substituents is 1. The predicted molar refractivity (Wildman–Crippen MR) is 117 cm³/mol. The molecule has 1 saturated heterocycles. The van der Waals surface area contributed by atoms with E-state index >= 15 is 0 Å². The molecule has 0 aliphatic carbocycles. The molecule has 0 spiro atoms. The highest BCUT2D eigenvalue weighted by Gasteiger charge is 2.23. The molecular formula is C22H24N4O2S. The third-order valence-electron chi connectivity index (χ3n) is 5.20. The summed E-state index contributed by atoms with van der Waals surface area (Å²) in [6.07, 6.45) is 0.317. The molecule has 0 bridgehead atoms. The van der Waals surface area contributed by atoms with Crippen molar-refractivity contribution in [3.8, 4) is 17.0 Å². The van der Waals surface area contributed by atoms with E-state index in [2.05, 4.69) is 9.88 Å². The van der Waals surface area contributed by atoms with Gasteiger partial charge in [0.1, 0.15) is 5.75 Å². The molecule has 150 valence electrons. The minimum atomic E-state index is 0.104. The van der Waals surface area contributed by atoms with E-state index in [9.17, 15) is 9.90 Å². The maximum Gasteiger partial charge on any atom is 0.228 e. The van der Waals surface area contributed by atoms with Gasteiger partial charge < -0.3 is 20.6 Å². The van der Waals surface area contributed by atoms with E-state index in [4.69, 9.17) is 5.73 Å². The van der Waals surface area contributed by atoms with Crippen LogP contribution in [-0.4, -0.2) is 47.1 Å². The number of aromatic hydroxyl groups is 1. The molecule has 1 aromatic heterocycles. The fourth-order valence-corrected chi connectivity index (χ4v) is 4.40. The highest BCUT2D eigenvalue weighted by Crippen LogP contribution is 2.31. The zero-order chi connectivity index (χ0) is 20.4. The van der Waals surface area contributed by atoms with Crippen LogP contribution in [0.5, 0.6) is 5.75 Å². The van der Waals surface area contributed by atoms with E-state index in [-0.39, 0.29) is 11.7 Å². The van der Waals surface area contributed by atoms with Gasteiger partial charge in [0, 0.05) is 42.3 Å². The summed E-state index contributed by atoms with van der Waals surface area (Å²) in [5.74, 6) is 0.364. The molecule has 3 aromatic rings. The highest BCUT2D eigenvalue weighted by molar-refractivity contribution is 7.15. The molecule has 4 rings (SSSR count). The average Bonchev–Trinajstić information content (AvgIpc) is 3.09. The summed E-state index contributed by atoms with van der Waals surface area (Å²) >= 11 is 1.39. The van der Waals surface area contributed by atoms with E-state index in [1.54, 1.807) is 12.1 Å². The Kier molecular flexibility index (Phi) is 5.40. The lowest BCUT2D eigenvalue weighted by atomic mass is 10.1. The van der Waals surface area contributed by atoms with Crippen LogP contribution in [0.1, 0.15) is 10.4 Å². The lowest BCUT2D eigenvalue weighted by molar-refractivity contribution is -0.130. The molecule has 0 saturated carbocycles. The van der Waals surface area contributed by atoms with Gasteiger partial charge in [0.2, 0.25) is 5.91 Å². The zero-order valence-electron chi connectivity index (χ0n) is 16.3. The van der Waals surface area contributed by atoms with Gasteiger partial charge in [-0.15, -0.1) is 11.3 Å². The number of phenols is 1. The number of hydrogen-bond donors (Lipinski definition) is 2. The first-order valence-electron chi connectivity index (χ1n) is 9.63. The average molecular weight is 409 g/mol. The van der Waals surface area contributed by atoms with Crippen molar-refractivity contribution in [1.29, 1.82) is 0 Å². The maximum absolute atomic E-state index is 12.9. The first kappa shape index (κ1) is 19.3. The second-order valence-corrected chi connectivity index (χ2v) is 8.37. The van der Waals surface area contributed by atoms with Gasteiger partial charge in [-0.1, -0.05) is 29.8 Å². The summed E-state index contributed by atoms with van der Waals surface area (Å²) in [5, 5.41) is 9.93. The van der Waals surface area contributed by atoms with Crippen molar-refractivity contribution in [1.82, 2.24) is 9.88 Å². The number of anilines is 2. The summed E-state index contributed by atoms with van der Waals surface area (Å²) in [6.45, 7) is 4.93. The molecule has 1 amide bonds. The van der Waals surface area contributed by atoms with Crippen molar-refractivity contribution in [2.45, 2.75) is 13.3 Å². The minimum absolute atomic E-state index is 0.104. The Labute approximate surface area is 174 Å². The summed E-state index contributed by atoms with van der Waals surface area (Å²) in [6, 6.07) is 15.3. The number of carbonyl (C=O) groups is 1. The molecule has 29 heavy (non-hydrogen) atoms. The largest absolute Gasteiger partial charge is 0.508 e. The number of nitrogens with zero attached hydrogens (tertiary/aromatic N) is 3. The molecule has 7 heteroatoms. The third kappa shape index (κ3) is 4.35. The van der Waals surface area contributed by atoms with Gasteiger partial charge in [-0.2, -0.15) is 0 Å². The second-order valence-electron chi connectivity index (χ2n) is 7.25. The van der Waals surface area contributed by atoms with Gasteiger partial charge in [0.05, 0.1) is 12.1 Å². The Morgan fingerprint density at radius 2 is 1.72 bits per heavy atom. The minimum Gasteiger partial charge on any atom is -0.508 e. The van der Waals surface area contributed by atoms with Gasteiger partial charge >= 0.3 is 0 Å². The molecule has 0 atom stereocenters. The van der Waals surface area contributed by atoms with Crippen molar-refractivity contribution in [2.24, 2.45) is 0 Å². The van der Waals surface area contributed by atoms with Crippen LogP contribution in [-0.2, 0) is 11.2 Å². The van der Waals surface area contributed by atoms with Crippen LogP contribution in [0.2, 0.25) is 0 Å². The van der Waals surface area contributed by atoms with E-state index in [0.29, 0.717) is 24.6 Å². The number of piperazine rings is 1. The highest BCUT2D eigenvalue weighted by atomic mass is 32.1. The van der Waals surface area contributed by atoms with Crippen LogP contribution >= 0.6 is 11.3 Å². The van der Waals surface area contributed by atoms with E-state index < -0.39 is 0 Å². The van der Waals surface area contributed by atoms with Crippen molar-refractivity contribution in [3.05, 3.63) is 59.0 Å². The van der Waals surface area contributed by atoms with Crippen molar-refractivity contribution in [2.75, 3.05) is 36.8 Å². The van der Waals surface area contributed by atoms with E-state index in [0.717, 1.165) is 34.9 Å². The number of benzene rings is 2. The molecule has 1 aliphatic heterocycles. The van der Waals surface area contributed by atoms with Crippen LogP contribution in [0.4, 0.5) is 10.8 Å². The topological polar surface area (TPSA) is 82.7 Å². The normalized spacial score (nSPS) is 14.2. The Balaban J connectivity index is 1.42. The van der Waals surface area contributed by atoms with Crippen molar-refractivity contribution >= 4 is 28.1 Å². The SMILES string of the molecule is Cc1ccc(-c2nc(N)sc2CC(=O)N2CCN(c3ccc(O)cc3)CC2)cc1. The third-order valence-corrected chi connectivity index (χ3v) is 6.08. The van der Waals surface area contributed by atoms with Gasteiger partial charge in [-0.3, -0.25) is 4.79 Å². The van der Waals surface area contributed by atoms with Crippen LogP contribution in [0.25, 0.3) is 11.3 Å². The number of thiazole rings is 1. The van der Waals surface area contributed by atoms with Gasteiger partial charge in [-0.25, -0.2) is 4.98 Å². The number of nitrogens with two attached hydrogens (primary N) is 1. The molecule has 1 aliphatic rings. The number of carbonyl (C=O) groups excluding carboxylic acids is 1. The number of hydrogen-bond acceptors (Lipinski definition) is 6. The van der Waals surface area contributed by atoms with Crippen LogP contribution < -0.4 is 10.6 Å². The molecule has 2 heterocycles. The first-order chi connectivity index (χ1) is 14.0. The number of amides is 1. The van der Waals surface area contributed by atoms with Crippen molar-refractivity contribution < 1.29 is 9.90 Å². The number of aryl methyl sites for hydroxylation is 1. The molecule has 0 radical (unpaired) electrons. The summed E-state index contributed by atoms with van der Waals surface area (Å²) in [5.41, 5.74) is 9.99. The maximum atomic E-state index is 12.9. The number of aromatic nitrogens is 1. The second kappa shape index (κ2) is 8.13. The Bertz CT molecular complexity index is 991. The summed E-state index contributed by atoms with van der Waals surface area (Å²) in [7, 11) is 0. The molecule has 3 N–H and O–H groups in total. The number of rotatable bonds is 4. The molecule has 1 fully saturated rings. The lowest BCUT2D eigenvalue weighted by Gasteiger charge is -2.36. The monoisotopic (exact) mass is 408 g/mol. The summed E-state index contributed by atoms with van der Waals surface area (Å²) < 4.78 is 0. The molecule has 0 unspecified atom stereocenters. The van der Waals surface area contributed by atoms with Crippen LogP contribution in [0.15, 0.2) is 48.5 Å². The summed E-state index contributed by atoms with van der Waals surface area (Å²) in [4.78, 5) is 22.4.